The summed E-state index contributed by atoms with van der Waals surface area (Å²) in [5.74, 6) is -0.187. The smallest absolute Gasteiger partial charge is 0.329 e. The number of halogens is 3. The second kappa shape index (κ2) is 6.40. The quantitative estimate of drug-likeness (QED) is 0.839. The van der Waals surface area contributed by atoms with Crippen LogP contribution in [-0.4, -0.2) is 39.7 Å². The molecule has 2 fully saturated rings. The fourth-order valence-corrected chi connectivity index (χ4v) is 3.36. The SMILES string of the molecule is FC(F)(F)c1nc(-c2ccc([C@H]3CCCN(CC4CC4)C3)nc2)no1. The first-order valence-corrected chi connectivity index (χ1v) is 8.58. The summed E-state index contributed by atoms with van der Waals surface area (Å²) >= 11 is 0. The van der Waals surface area contributed by atoms with E-state index in [0.717, 1.165) is 37.5 Å². The first-order valence-electron chi connectivity index (χ1n) is 8.58. The zero-order valence-electron chi connectivity index (χ0n) is 13.7. The molecule has 0 N–H and O–H groups in total. The Balaban J connectivity index is 1.45. The highest BCUT2D eigenvalue weighted by atomic mass is 19.4. The molecule has 8 heteroatoms. The zero-order chi connectivity index (χ0) is 17.4. The highest BCUT2D eigenvalue weighted by molar-refractivity contribution is 5.52. The largest absolute Gasteiger partial charge is 0.471 e. The lowest BCUT2D eigenvalue weighted by molar-refractivity contribution is -0.159. The van der Waals surface area contributed by atoms with E-state index < -0.39 is 12.1 Å². The van der Waals surface area contributed by atoms with Gasteiger partial charge in [0.05, 0.1) is 0 Å². The molecule has 1 saturated heterocycles. The number of rotatable bonds is 4. The summed E-state index contributed by atoms with van der Waals surface area (Å²) in [5.41, 5.74) is 1.40. The molecule has 1 saturated carbocycles. The van der Waals surface area contributed by atoms with Crippen molar-refractivity contribution in [2.75, 3.05) is 19.6 Å². The fourth-order valence-electron chi connectivity index (χ4n) is 3.36. The Morgan fingerprint density at radius 2 is 2.04 bits per heavy atom. The molecule has 2 aromatic rings. The normalized spacial score (nSPS) is 22.3. The minimum Gasteiger partial charge on any atom is -0.329 e. The van der Waals surface area contributed by atoms with Crippen LogP contribution in [0.25, 0.3) is 11.4 Å². The Kier molecular flexibility index (Phi) is 4.23. The van der Waals surface area contributed by atoms with Crippen LogP contribution < -0.4 is 0 Å². The number of aromatic nitrogens is 3. The molecule has 4 rings (SSSR count). The van der Waals surface area contributed by atoms with Crippen molar-refractivity contribution in [3.05, 3.63) is 29.9 Å². The van der Waals surface area contributed by atoms with Gasteiger partial charge in [0.1, 0.15) is 0 Å². The summed E-state index contributed by atoms with van der Waals surface area (Å²) < 4.78 is 41.9. The van der Waals surface area contributed by atoms with Gasteiger partial charge in [-0.05, 0) is 50.3 Å². The molecule has 0 unspecified atom stereocenters. The van der Waals surface area contributed by atoms with Crippen molar-refractivity contribution in [2.24, 2.45) is 5.92 Å². The van der Waals surface area contributed by atoms with E-state index in [1.165, 1.54) is 25.6 Å². The predicted octanol–water partition coefficient (Wildman–Crippen LogP) is 3.74. The lowest BCUT2D eigenvalue weighted by Gasteiger charge is -2.32. The Bertz CT molecular complexity index is 724. The number of piperidine rings is 1. The van der Waals surface area contributed by atoms with Gasteiger partial charge in [-0.3, -0.25) is 4.98 Å². The maximum atomic E-state index is 12.5. The van der Waals surface area contributed by atoms with Crippen LogP contribution in [0.2, 0.25) is 0 Å². The number of hydrogen-bond acceptors (Lipinski definition) is 5. The Hall–Kier alpha value is -1.96. The van der Waals surface area contributed by atoms with E-state index in [9.17, 15) is 13.2 Å². The number of hydrogen-bond donors (Lipinski definition) is 0. The van der Waals surface area contributed by atoms with Crippen LogP contribution in [0.15, 0.2) is 22.9 Å². The molecule has 2 aromatic heterocycles. The standard InChI is InChI=1S/C17H19F3N4O/c18-17(19,20)16-22-15(23-25-16)12-5-6-14(21-8-12)13-2-1-7-24(10-13)9-11-3-4-11/h5-6,8,11,13H,1-4,7,9-10H2/t13-/m0/s1. The van der Waals surface area contributed by atoms with Crippen molar-refractivity contribution in [1.29, 1.82) is 0 Å². The van der Waals surface area contributed by atoms with Gasteiger partial charge in [0.15, 0.2) is 0 Å². The van der Waals surface area contributed by atoms with Gasteiger partial charge >= 0.3 is 12.1 Å². The summed E-state index contributed by atoms with van der Waals surface area (Å²) in [6.45, 7) is 3.33. The summed E-state index contributed by atoms with van der Waals surface area (Å²) in [6.07, 6.45) is 1.83. The Labute approximate surface area is 143 Å². The minimum absolute atomic E-state index is 0.0922. The second-order valence-electron chi connectivity index (χ2n) is 6.93. The lowest BCUT2D eigenvalue weighted by atomic mass is 9.94. The molecule has 134 valence electrons. The van der Waals surface area contributed by atoms with Crippen LogP contribution >= 0.6 is 0 Å². The van der Waals surface area contributed by atoms with E-state index in [4.69, 9.17) is 0 Å². The Morgan fingerprint density at radius 3 is 2.68 bits per heavy atom. The van der Waals surface area contributed by atoms with Gasteiger partial charge < -0.3 is 9.42 Å². The molecule has 0 amide bonds. The maximum absolute atomic E-state index is 12.5. The maximum Gasteiger partial charge on any atom is 0.471 e. The van der Waals surface area contributed by atoms with Crippen molar-refractivity contribution >= 4 is 0 Å². The van der Waals surface area contributed by atoms with Gasteiger partial charge in [0.25, 0.3) is 0 Å². The van der Waals surface area contributed by atoms with E-state index in [1.54, 1.807) is 6.07 Å². The molecule has 0 bridgehead atoms. The van der Waals surface area contributed by atoms with Gasteiger partial charge in [-0.1, -0.05) is 5.16 Å². The van der Waals surface area contributed by atoms with E-state index in [0.29, 0.717) is 11.5 Å². The third kappa shape index (κ3) is 3.84. The van der Waals surface area contributed by atoms with Crippen molar-refractivity contribution in [2.45, 2.75) is 37.8 Å². The van der Waals surface area contributed by atoms with Crippen LogP contribution in [0.1, 0.15) is 43.2 Å². The molecule has 1 atom stereocenters. The fraction of sp³-hybridized carbons (Fsp3) is 0.588. The molecule has 0 spiro atoms. The predicted molar refractivity (Wildman–Crippen MR) is 83.7 cm³/mol. The molecular weight excluding hydrogens is 333 g/mol. The third-order valence-electron chi connectivity index (χ3n) is 4.85. The molecular formula is C17H19F3N4O. The molecule has 0 radical (unpaired) electrons. The first kappa shape index (κ1) is 16.5. The molecule has 5 nitrogen and oxygen atoms in total. The molecule has 0 aromatic carbocycles. The summed E-state index contributed by atoms with van der Waals surface area (Å²) in [4.78, 5) is 10.4. The van der Waals surface area contributed by atoms with Crippen LogP contribution in [0.3, 0.4) is 0 Å². The molecule has 1 aliphatic carbocycles. The van der Waals surface area contributed by atoms with Crippen molar-refractivity contribution in [3.8, 4) is 11.4 Å². The van der Waals surface area contributed by atoms with Gasteiger partial charge in [0, 0.05) is 36.5 Å². The molecule has 3 heterocycles. The van der Waals surface area contributed by atoms with Gasteiger partial charge in [-0.2, -0.15) is 18.2 Å². The second-order valence-corrected chi connectivity index (χ2v) is 6.93. The first-order chi connectivity index (χ1) is 12.0. The molecule has 1 aliphatic heterocycles. The summed E-state index contributed by atoms with van der Waals surface area (Å²) in [5, 5.41) is 3.39. The number of pyridine rings is 1. The van der Waals surface area contributed by atoms with E-state index in [2.05, 4.69) is 24.5 Å². The van der Waals surface area contributed by atoms with E-state index in [1.807, 2.05) is 6.07 Å². The lowest BCUT2D eigenvalue weighted by Crippen LogP contribution is -2.36. The van der Waals surface area contributed by atoms with Crippen molar-refractivity contribution < 1.29 is 17.7 Å². The van der Waals surface area contributed by atoms with Gasteiger partial charge in [-0.25, -0.2) is 0 Å². The average molecular weight is 352 g/mol. The van der Waals surface area contributed by atoms with E-state index in [-0.39, 0.29) is 5.82 Å². The molecule has 25 heavy (non-hydrogen) atoms. The third-order valence-corrected chi connectivity index (χ3v) is 4.85. The molecule has 2 aliphatic rings. The highest BCUT2D eigenvalue weighted by Crippen LogP contribution is 2.33. The summed E-state index contributed by atoms with van der Waals surface area (Å²) in [7, 11) is 0. The van der Waals surface area contributed by atoms with Crippen molar-refractivity contribution in [1.82, 2.24) is 20.0 Å². The van der Waals surface area contributed by atoms with Crippen LogP contribution in [0, 0.1) is 5.92 Å². The number of likely N-dealkylation sites (tertiary alicyclic amines) is 1. The number of nitrogens with zero attached hydrogens (tertiary/aromatic N) is 4. The van der Waals surface area contributed by atoms with Crippen molar-refractivity contribution in [3.63, 3.8) is 0 Å². The van der Waals surface area contributed by atoms with Gasteiger partial charge in [-0.15, -0.1) is 0 Å². The zero-order valence-corrected chi connectivity index (χ0v) is 13.7. The van der Waals surface area contributed by atoms with Crippen LogP contribution in [0.5, 0.6) is 0 Å². The van der Waals surface area contributed by atoms with E-state index >= 15 is 0 Å². The average Bonchev–Trinajstić information content (AvgIpc) is 3.25. The van der Waals surface area contributed by atoms with Crippen LogP contribution in [0.4, 0.5) is 13.2 Å². The van der Waals surface area contributed by atoms with Crippen LogP contribution in [-0.2, 0) is 6.18 Å². The topological polar surface area (TPSA) is 55.1 Å². The number of alkyl halides is 3. The highest BCUT2D eigenvalue weighted by Gasteiger charge is 2.38. The van der Waals surface area contributed by atoms with Gasteiger partial charge in [0.2, 0.25) is 5.82 Å². The minimum atomic E-state index is -4.63. The summed E-state index contributed by atoms with van der Waals surface area (Å²) in [6, 6.07) is 3.58. The Morgan fingerprint density at radius 1 is 1.20 bits per heavy atom. The monoisotopic (exact) mass is 352 g/mol.